The van der Waals surface area contributed by atoms with Crippen LogP contribution >= 0.6 is 0 Å². The van der Waals surface area contributed by atoms with Crippen molar-refractivity contribution in [2.45, 2.75) is 39.3 Å². The van der Waals surface area contributed by atoms with Crippen LogP contribution in [0.5, 0.6) is 11.5 Å². The van der Waals surface area contributed by atoms with E-state index in [1.54, 1.807) is 14.0 Å². The molecule has 2 atom stereocenters. The maximum atomic E-state index is 12.4. The number of carbonyl (C=O) groups excluding carboxylic acids is 1. The van der Waals surface area contributed by atoms with Crippen LogP contribution in [0.15, 0.2) is 48.5 Å². The maximum Gasteiger partial charge on any atom is 0.261 e. The van der Waals surface area contributed by atoms with Gasteiger partial charge in [0.1, 0.15) is 11.5 Å². The van der Waals surface area contributed by atoms with Gasteiger partial charge in [-0.15, -0.1) is 0 Å². The van der Waals surface area contributed by atoms with Crippen LogP contribution in [-0.2, 0) is 4.79 Å². The number of benzene rings is 2. The fourth-order valence-electron chi connectivity index (χ4n) is 2.49. The van der Waals surface area contributed by atoms with E-state index in [0.717, 1.165) is 23.3 Å². The van der Waals surface area contributed by atoms with Gasteiger partial charge in [-0.25, -0.2) is 0 Å². The summed E-state index contributed by atoms with van der Waals surface area (Å²) >= 11 is 0. The first kappa shape index (κ1) is 17.9. The molecule has 0 fully saturated rings. The molecule has 4 heteroatoms. The van der Waals surface area contributed by atoms with Crippen molar-refractivity contribution in [1.29, 1.82) is 0 Å². The molecule has 4 nitrogen and oxygen atoms in total. The van der Waals surface area contributed by atoms with Crippen molar-refractivity contribution in [2.75, 3.05) is 7.11 Å². The number of amides is 1. The van der Waals surface area contributed by atoms with E-state index in [-0.39, 0.29) is 11.9 Å². The summed E-state index contributed by atoms with van der Waals surface area (Å²) < 4.78 is 10.9. The van der Waals surface area contributed by atoms with Crippen molar-refractivity contribution < 1.29 is 14.3 Å². The molecule has 0 aliphatic carbocycles. The van der Waals surface area contributed by atoms with Gasteiger partial charge >= 0.3 is 0 Å². The van der Waals surface area contributed by atoms with Gasteiger partial charge < -0.3 is 14.8 Å². The minimum atomic E-state index is -0.556. The molecule has 0 saturated carbocycles. The lowest BCUT2D eigenvalue weighted by molar-refractivity contribution is -0.128. The maximum absolute atomic E-state index is 12.4. The average molecular weight is 327 g/mol. The van der Waals surface area contributed by atoms with E-state index in [1.165, 1.54) is 0 Å². The zero-order valence-corrected chi connectivity index (χ0v) is 14.7. The fraction of sp³-hybridized carbons (Fsp3) is 0.350. The second kappa shape index (κ2) is 8.39. The van der Waals surface area contributed by atoms with Crippen LogP contribution in [-0.4, -0.2) is 19.1 Å². The van der Waals surface area contributed by atoms with Crippen molar-refractivity contribution in [3.8, 4) is 11.5 Å². The van der Waals surface area contributed by atoms with Crippen molar-refractivity contribution in [3.63, 3.8) is 0 Å². The van der Waals surface area contributed by atoms with Gasteiger partial charge in [0.2, 0.25) is 0 Å². The first-order chi connectivity index (χ1) is 11.5. The molecular formula is C20H25NO3. The van der Waals surface area contributed by atoms with Crippen LogP contribution in [0.4, 0.5) is 0 Å². The molecule has 128 valence electrons. The van der Waals surface area contributed by atoms with Gasteiger partial charge in [0.25, 0.3) is 5.91 Å². The molecule has 1 N–H and O–H groups in total. The number of methoxy groups -OCH3 is 1. The number of aryl methyl sites for hydroxylation is 1. The van der Waals surface area contributed by atoms with Crippen molar-refractivity contribution in [2.24, 2.45) is 0 Å². The van der Waals surface area contributed by atoms with Crippen LogP contribution in [0.3, 0.4) is 0 Å². The first-order valence-electron chi connectivity index (χ1n) is 8.21. The number of hydrogen-bond donors (Lipinski definition) is 1. The van der Waals surface area contributed by atoms with Gasteiger partial charge in [-0.2, -0.15) is 0 Å². The summed E-state index contributed by atoms with van der Waals surface area (Å²) in [5, 5.41) is 3.05. The molecule has 2 rings (SSSR count). The topological polar surface area (TPSA) is 47.6 Å². The van der Waals surface area contributed by atoms with Gasteiger partial charge in [0.15, 0.2) is 6.10 Å². The number of nitrogens with one attached hydrogen (secondary N) is 1. The Kier molecular flexibility index (Phi) is 6.24. The van der Waals surface area contributed by atoms with Gasteiger partial charge in [-0.3, -0.25) is 4.79 Å². The lowest BCUT2D eigenvalue weighted by Crippen LogP contribution is -2.38. The molecule has 0 unspecified atom stereocenters. The molecule has 2 aromatic carbocycles. The molecule has 24 heavy (non-hydrogen) atoms. The van der Waals surface area contributed by atoms with Crippen LogP contribution in [0.2, 0.25) is 0 Å². The van der Waals surface area contributed by atoms with Crippen molar-refractivity contribution >= 4 is 5.91 Å². The van der Waals surface area contributed by atoms with Gasteiger partial charge in [0.05, 0.1) is 13.2 Å². The van der Waals surface area contributed by atoms with Crippen LogP contribution in [0.25, 0.3) is 0 Å². The number of ether oxygens (including phenoxy) is 2. The highest BCUT2D eigenvalue weighted by molar-refractivity contribution is 5.81. The predicted molar refractivity (Wildman–Crippen MR) is 95.4 cm³/mol. The monoisotopic (exact) mass is 327 g/mol. The Morgan fingerprint density at radius 2 is 1.83 bits per heavy atom. The average Bonchev–Trinajstić information content (AvgIpc) is 2.59. The molecular weight excluding hydrogens is 302 g/mol. The highest BCUT2D eigenvalue weighted by Gasteiger charge is 2.19. The molecule has 0 aliphatic rings. The third kappa shape index (κ3) is 4.75. The third-order valence-corrected chi connectivity index (χ3v) is 3.91. The van der Waals surface area contributed by atoms with E-state index in [4.69, 9.17) is 9.47 Å². The zero-order valence-electron chi connectivity index (χ0n) is 14.7. The molecule has 0 spiro atoms. The minimum Gasteiger partial charge on any atom is -0.497 e. The van der Waals surface area contributed by atoms with Crippen LogP contribution < -0.4 is 14.8 Å². The smallest absolute Gasteiger partial charge is 0.261 e. The molecule has 0 bridgehead atoms. The van der Waals surface area contributed by atoms with Gasteiger partial charge in [0, 0.05) is 0 Å². The normalized spacial score (nSPS) is 13.0. The molecule has 0 radical (unpaired) electrons. The van der Waals surface area contributed by atoms with E-state index in [9.17, 15) is 4.79 Å². The Hall–Kier alpha value is -2.49. The third-order valence-electron chi connectivity index (χ3n) is 3.91. The number of hydrogen-bond acceptors (Lipinski definition) is 3. The lowest BCUT2D eigenvalue weighted by atomic mass is 10.0. The summed E-state index contributed by atoms with van der Waals surface area (Å²) in [5.41, 5.74) is 2.15. The second-order valence-corrected chi connectivity index (χ2v) is 5.82. The SMILES string of the molecule is CC[C@H](NC(=O)[C@@H](C)Oc1cccc(C)c1)c1ccc(OC)cc1. The number of carbonyl (C=O) groups is 1. The van der Waals surface area contributed by atoms with Crippen LogP contribution in [0, 0.1) is 6.92 Å². The van der Waals surface area contributed by atoms with Gasteiger partial charge in [-0.05, 0) is 55.7 Å². The lowest BCUT2D eigenvalue weighted by Gasteiger charge is -2.21. The largest absolute Gasteiger partial charge is 0.497 e. The number of rotatable bonds is 7. The Morgan fingerprint density at radius 3 is 2.42 bits per heavy atom. The summed E-state index contributed by atoms with van der Waals surface area (Å²) in [6.07, 6.45) is 0.244. The van der Waals surface area contributed by atoms with E-state index >= 15 is 0 Å². The standard InChI is InChI=1S/C20H25NO3/c1-5-19(16-9-11-17(23-4)12-10-16)21-20(22)15(3)24-18-8-6-7-14(2)13-18/h6-13,15,19H,5H2,1-4H3,(H,21,22)/t15-,19+/m1/s1. The molecule has 2 aromatic rings. The summed E-state index contributed by atoms with van der Waals surface area (Å²) in [7, 11) is 1.64. The summed E-state index contributed by atoms with van der Waals surface area (Å²) in [5.74, 6) is 1.38. The summed E-state index contributed by atoms with van der Waals surface area (Å²) in [6, 6.07) is 15.4. The van der Waals surface area contributed by atoms with Crippen molar-refractivity contribution in [3.05, 3.63) is 59.7 Å². The Morgan fingerprint density at radius 1 is 1.12 bits per heavy atom. The van der Waals surface area contributed by atoms with E-state index in [2.05, 4.69) is 5.32 Å². The van der Waals surface area contributed by atoms with E-state index in [1.807, 2.05) is 62.4 Å². The molecule has 0 aromatic heterocycles. The first-order valence-corrected chi connectivity index (χ1v) is 8.21. The molecule has 0 heterocycles. The highest BCUT2D eigenvalue weighted by Crippen LogP contribution is 2.21. The Bertz CT molecular complexity index is 667. The van der Waals surface area contributed by atoms with E-state index < -0.39 is 6.10 Å². The Labute approximate surface area is 143 Å². The highest BCUT2D eigenvalue weighted by atomic mass is 16.5. The predicted octanol–water partition coefficient (Wildman–Crippen LogP) is 4.04. The summed E-state index contributed by atoms with van der Waals surface area (Å²) in [6.45, 7) is 5.80. The van der Waals surface area contributed by atoms with E-state index in [0.29, 0.717) is 5.75 Å². The van der Waals surface area contributed by atoms with Gasteiger partial charge in [-0.1, -0.05) is 31.2 Å². The van der Waals surface area contributed by atoms with Crippen LogP contribution in [0.1, 0.15) is 37.4 Å². The zero-order chi connectivity index (χ0) is 17.5. The quantitative estimate of drug-likeness (QED) is 0.835. The molecule has 0 aliphatic heterocycles. The molecule has 0 saturated heterocycles. The molecule has 1 amide bonds. The minimum absolute atomic E-state index is 0.0491. The van der Waals surface area contributed by atoms with Crippen molar-refractivity contribution in [1.82, 2.24) is 5.32 Å². The second-order valence-electron chi connectivity index (χ2n) is 5.82. The Balaban J connectivity index is 1.99. The summed E-state index contributed by atoms with van der Waals surface area (Å²) in [4.78, 5) is 12.4. The fourth-order valence-corrected chi connectivity index (χ4v) is 2.49.